The molecule has 0 amide bonds. The van der Waals surface area contributed by atoms with E-state index in [1.807, 2.05) is 12.1 Å². The minimum absolute atomic E-state index is 0.147. The number of aromatic hydroxyl groups is 1. The standard InChI is InChI=1S/C15H24BrNO2/c1-10(2)15(3,4)9-17-8-11-6-12(16)14(18)13(7-11)19-5/h6-7,10,17-18H,8-9H2,1-5H3. The van der Waals surface area contributed by atoms with Gasteiger partial charge in [0.2, 0.25) is 0 Å². The maximum atomic E-state index is 9.76. The summed E-state index contributed by atoms with van der Waals surface area (Å²) >= 11 is 3.33. The summed E-state index contributed by atoms with van der Waals surface area (Å²) in [7, 11) is 1.56. The Labute approximate surface area is 124 Å². The van der Waals surface area contributed by atoms with Crippen LogP contribution in [-0.2, 0) is 6.54 Å². The summed E-state index contributed by atoms with van der Waals surface area (Å²) in [6, 6.07) is 3.77. The summed E-state index contributed by atoms with van der Waals surface area (Å²) in [4.78, 5) is 0. The molecule has 19 heavy (non-hydrogen) atoms. The Balaban J connectivity index is 2.67. The first-order chi connectivity index (χ1) is 8.77. The monoisotopic (exact) mass is 329 g/mol. The van der Waals surface area contributed by atoms with Gasteiger partial charge in [0, 0.05) is 13.1 Å². The minimum Gasteiger partial charge on any atom is -0.503 e. The highest BCUT2D eigenvalue weighted by Crippen LogP contribution is 2.35. The highest BCUT2D eigenvalue weighted by atomic mass is 79.9. The van der Waals surface area contributed by atoms with Crippen LogP contribution in [0.2, 0.25) is 0 Å². The second kappa shape index (κ2) is 6.62. The lowest BCUT2D eigenvalue weighted by molar-refractivity contribution is 0.238. The van der Waals surface area contributed by atoms with Crippen LogP contribution >= 0.6 is 15.9 Å². The molecule has 0 heterocycles. The molecule has 0 saturated carbocycles. The number of methoxy groups -OCH3 is 1. The number of hydrogen-bond donors (Lipinski definition) is 2. The molecular weight excluding hydrogens is 306 g/mol. The molecule has 3 nitrogen and oxygen atoms in total. The highest BCUT2D eigenvalue weighted by Gasteiger charge is 2.21. The summed E-state index contributed by atoms with van der Waals surface area (Å²) in [5.74, 6) is 1.27. The lowest BCUT2D eigenvalue weighted by atomic mass is 9.81. The zero-order chi connectivity index (χ0) is 14.6. The zero-order valence-corrected chi connectivity index (χ0v) is 14.0. The Morgan fingerprint density at radius 2 is 2.00 bits per heavy atom. The second-order valence-corrected chi connectivity index (χ2v) is 6.73. The van der Waals surface area contributed by atoms with Gasteiger partial charge in [-0.05, 0) is 45.0 Å². The van der Waals surface area contributed by atoms with E-state index in [1.54, 1.807) is 7.11 Å². The summed E-state index contributed by atoms with van der Waals surface area (Å²) in [6.45, 7) is 10.7. The molecule has 0 saturated heterocycles. The third kappa shape index (κ3) is 4.39. The molecule has 0 unspecified atom stereocenters. The number of benzene rings is 1. The Kier molecular flexibility index (Phi) is 5.68. The second-order valence-electron chi connectivity index (χ2n) is 5.88. The molecule has 0 fully saturated rings. The molecule has 0 aliphatic rings. The third-order valence-electron chi connectivity index (χ3n) is 3.78. The molecule has 108 valence electrons. The van der Waals surface area contributed by atoms with Gasteiger partial charge in [-0.25, -0.2) is 0 Å². The molecule has 0 aliphatic heterocycles. The van der Waals surface area contributed by atoms with Gasteiger partial charge < -0.3 is 15.2 Å². The number of rotatable bonds is 6. The van der Waals surface area contributed by atoms with Crippen LogP contribution in [0.1, 0.15) is 33.3 Å². The molecule has 4 heteroatoms. The Hall–Kier alpha value is -0.740. The quantitative estimate of drug-likeness (QED) is 0.830. The topological polar surface area (TPSA) is 41.5 Å². The Morgan fingerprint density at radius 3 is 2.53 bits per heavy atom. The summed E-state index contributed by atoms with van der Waals surface area (Å²) < 4.78 is 5.80. The van der Waals surface area contributed by atoms with Crippen molar-refractivity contribution in [1.29, 1.82) is 0 Å². The van der Waals surface area contributed by atoms with E-state index in [4.69, 9.17) is 4.74 Å². The van der Waals surface area contributed by atoms with Gasteiger partial charge in [-0.15, -0.1) is 0 Å². The van der Waals surface area contributed by atoms with E-state index in [2.05, 4.69) is 48.9 Å². The van der Waals surface area contributed by atoms with Crippen LogP contribution < -0.4 is 10.1 Å². The SMILES string of the molecule is COc1cc(CNCC(C)(C)C(C)C)cc(Br)c1O. The van der Waals surface area contributed by atoms with Gasteiger partial charge in [0.1, 0.15) is 0 Å². The predicted molar refractivity (Wildman–Crippen MR) is 82.7 cm³/mol. The highest BCUT2D eigenvalue weighted by molar-refractivity contribution is 9.10. The van der Waals surface area contributed by atoms with Crippen LogP contribution in [0.25, 0.3) is 0 Å². The lowest BCUT2D eigenvalue weighted by Crippen LogP contribution is -2.33. The maximum absolute atomic E-state index is 9.76. The molecule has 0 bridgehead atoms. The van der Waals surface area contributed by atoms with Crippen molar-refractivity contribution in [3.8, 4) is 11.5 Å². The van der Waals surface area contributed by atoms with E-state index in [0.717, 1.165) is 18.7 Å². The smallest absolute Gasteiger partial charge is 0.172 e. The Morgan fingerprint density at radius 1 is 1.37 bits per heavy atom. The normalized spacial score (nSPS) is 11.9. The van der Waals surface area contributed by atoms with Gasteiger partial charge in [0.25, 0.3) is 0 Å². The van der Waals surface area contributed by atoms with Crippen molar-refractivity contribution in [1.82, 2.24) is 5.32 Å². The summed E-state index contributed by atoms with van der Waals surface area (Å²) in [6.07, 6.45) is 0. The van der Waals surface area contributed by atoms with E-state index in [0.29, 0.717) is 16.1 Å². The number of phenolic OH excluding ortho intramolecular Hbond substituents is 1. The molecule has 0 spiro atoms. The third-order valence-corrected chi connectivity index (χ3v) is 4.39. The molecule has 1 rings (SSSR count). The average molecular weight is 330 g/mol. The first-order valence-electron chi connectivity index (χ1n) is 6.54. The van der Waals surface area contributed by atoms with E-state index >= 15 is 0 Å². The van der Waals surface area contributed by atoms with Crippen LogP contribution in [0.3, 0.4) is 0 Å². The minimum atomic E-state index is 0.147. The number of halogens is 1. The van der Waals surface area contributed by atoms with Gasteiger partial charge in [0.05, 0.1) is 11.6 Å². The van der Waals surface area contributed by atoms with Crippen molar-refractivity contribution >= 4 is 15.9 Å². The summed E-state index contributed by atoms with van der Waals surface area (Å²) in [5.41, 5.74) is 1.35. The van der Waals surface area contributed by atoms with Gasteiger partial charge in [0.15, 0.2) is 11.5 Å². The van der Waals surface area contributed by atoms with Crippen LogP contribution in [0.4, 0.5) is 0 Å². The van der Waals surface area contributed by atoms with Crippen LogP contribution in [0.15, 0.2) is 16.6 Å². The lowest BCUT2D eigenvalue weighted by Gasteiger charge is -2.29. The van der Waals surface area contributed by atoms with Crippen molar-refractivity contribution in [3.63, 3.8) is 0 Å². The summed E-state index contributed by atoms with van der Waals surface area (Å²) in [5, 5.41) is 13.2. The van der Waals surface area contributed by atoms with Crippen LogP contribution in [0, 0.1) is 11.3 Å². The number of ether oxygens (including phenoxy) is 1. The average Bonchev–Trinajstić information content (AvgIpc) is 2.33. The van der Waals surface area contributed by atoms with Crippen LogP contribution in [-0.4, -0.2) is 18.8 Å². The van der Waals surface area contributed by atoms with Gasteiger partial charge in [-0.3, -0.25) is 0 Å². The number of nitrogens with one attached hydrogen (secondary N) is 1. The maximum Gasteiger partial charge on any atom is 0.172 e. The van der Waals surface area contributed by atoms with E-state index in [-0.39, 0.29) is 11.2 Å². The molecule has 1 aromatic rings. The fourth-order valence-corrected chi connectivity index (χ4v) is 2.11. The molecule has 0 atom stereocenters. The fraction of sp³-hybridized carbons (Fsp3) is 0.600. The fourth-order valence-electron chi connectivity index (χ4n) is 1.62. The van der Waals surface area contributed by atoms with Gasteiger partial charge >= 0.3 is 0 Å². The molecule has 1 aromatic carbocycles. The van der Waals surface area contributed by atoms with Crippen LogP contribution in [0.5, 0.6) is 11.5 Å². The number of phenols is 1. The number of hydrogen-bond acceptors (Lipinski definition) is 3. The van der Waals surface area contributed by atoms with E-state index < -0.39 is 0 Å². The molecule has 2 N–H and O–H groups in total. The van der Waals surface area contributed by atoms with E-state index in [9.17, 15) is 5.11 Å². The van der Waals surface area contributed by atoms with Crippen molar-refractivity contribution in [2.45, 2.75) is 34.2 Å². The van der Waals surface area contributed by atoms with Gasteiger partial charge in [-0.2, -0.15) is 0 Å². The van der Waals surface area contributed by atoms with Gasteiger partial charge in [-0.1, -0.05) is 27.7 Å². The first-order valence-corrected chi connectivity index (χ1v) is 7.33. The first kappa shape index (κ1) is 16.3. The van der Waals surface area contributed by atoms with E-state index in [1.165, 1.54) is 0 Å². The molecule has 0 aromatic heterocycles. The van der Waals surface area contributed by atoms with Crippen molar-refractivity contribution in [2.75, 3.05) is 13.7 Å². The molecule has 0 aliphatic carbocycles. The predicted octanol–water partition coefficient (Wildman–Crippen LogP) is 3.94. The van der Waals surface area contributed by atoms with Crippen molar-refractivity contribution in [2.24, 2.45) is 11.3 Å². The largest absolute Gasteiger partial charge is 0.503 e. The zero-order valence-electron chi connectivity index (χ0n) is 12.4. The van der Waals surface area contributed by atoms with Crippen molar-refractivity contribution in [3.05, 3.63) is 22.2 Å². The van der Waals surface area contributed by atoms with Crippen molar-refractivity contribution < 1.29 is 9.84 Å². The molecular formula is C15H24BrNO2. The Bertz CT molecular complexity index is 430. The molecule has 0 radical (unpaired) electrons.